The lowest BCUT2D eigenvalue weighted by atomic mass is 10.3. The van der Waals surface area contributed by atoms with E-state index < -0.39 is 31.3 Å². The number of nitrogens with zero attached hydrogens (tertiary/aromatic N) is 1. The van der Waals surface area contributed by atoms with Crippen LogP contribution in [0.2, 0.25) is 0 Å². The van der Waals surface area contributed by atoms with Gasteiger partial charge in [0.05, 0.1) is 13.1 Å². The van der Waals surface area contributed by atoms with Crippen molar-refractivity contribution < 1.29 is 30.0 Å². The topological polar surface area (TPSA) is 118 Å². The Morgan fingerprint density at radius 3 is 1.79 bits per heavy atom. The molecule has 14 heavy (non-hydrogen) atoms. The summed E-state index contributed by atoms with van der Waals surface area (Å²) in [5, 5.41) is 33.8. The van der Waals surface area contributed by atoms with Crippen LogP contribution in [0.3, 0.4) is 0 Å². The molecule has 0 spiro atoms. The molecule has 0 atom stereocenters. The largest absolute Gasteiger partial charge is 0.480 e. The van der Waals surface area contributed by atoms with Crippen LogP contribution in [0.25, 0.3) is 0 Å². The predicted octanol–water partition coefficient (Wildman–Crippen LogP) is -1.84. The molecule has 0 aliphatic heterocycles. The van der Waals surface area contributed by atoms with Crippen molar-refractivity contribution in [1.82, 2.24) is 4.90 Å². The summed E-state index contributed by atoms with van der Waals surface area (Å²) in [6.45, 7) is -0.853. The van der Waals surface area contributed by atoms with Crippen LogP contribution in [0.4, 0.5) is 0 Å². The summed E-state index contributed by atoms with van der Waals surface area (Å²) in [6, 6.07) is 0. The first-order chi connectivity index (χ1) is 6.41. The van der Waals surface area contributed by atoms with Gasteiger partial charge in [0, 0.05) is 13.0 Å². The van der Waals surface area contributed by atoms with Gasteiger partial charge < -0.3 is 20.4 Å². The Kier molecular flexibility index (Phi) is 5.77. The van der Waals surface area contributed by atoms with Crippen LogP contribution in [-0.4, -0.2) is 63.2 Å². The summed E-state index contributed by atoms with van der Waals surface area (Å²) < 4.78 is 0. The lowest BCUT2D eigenvalue weighted by Crippen LogP contribution is -2.36. The van der Waals surface area contributed by atoms with Gasteiger partial charge in [-0.25, -0.2) is 0 Å². The lowest BCUT2D eigenvalue weighted by Gasteiger charge is -2.17. The molecule has 0 saturated heterocycles. The summed E-state index contributed by atoms with van der Waals surface area (Å²) in [5.74, 6) is -2.31. The van der Waals surface area contributed by atoms with E-state index in [0.717, 1.165) is 4.90 Å². The van der Waals surface area contributed by atoms with Crippen molar-refractivity contribution in [3.63, 3.8) is 0 Å². The molecule has 0 aliphatic rings. The fourth-order valence-corrected chi connectivity index (χ4v) is 0.895. The molecule has 0 aromatic carbocycles. The third-order valence-corrected chi connectivity index (χ3v) is 1.42. The minimum Gasteiger partial charge on any atom is -0.480 e. The summed E-state index contributed by atoms with van der Waals surface area (Å²) in [7, 11) is 0. The van der Waals surface area contributed by atoms with Crippen molar-refractivity contribution in [2.24, 2.45) is 0 Å². The number of rotatable bonds is 7. The van der Waals surface area contributed by atoms with Gasteiger partial charge in [-0.1, -0.05) is 0 Å². The summed E-state index contributed by atoms with van der Waals surface area (Å²) >= 11 is 0. The standard InChI is InChI=1S/C7H13NO6/c9-5(10)1-2-8(3-6(11)12)4-7(13)14/h5,9-10H,1-4H2,(H,11,12)(H,13,14). The predicted molar refractivity (Wildman–Crippen MR) is 44.6 cm³/mol. The maximum atomic E-state index is 10.3. The highest BCUT2D eigenvalue weighted by Crippen LogP contribution is 1.94. The summed E-state index contributed by atoms with van der Waals surface area (Å²) in [4.78, 5) is 21.7. The second-order valence-corrected chi connectivity index (χ2v) is 2.77. The molecule has 0 bridgehead atoms. The van der Waals surface area contributed by atoms with Crippen LogP contribution in [0, 0.1) is 0 Å². The van der Waals surface area contributed by atoms with Gasteiger partial charge in [0.15, 0.2) is 6.29 Å². The first-order valence-corrected chi connectivity index (χ1v) is 3.94. The van der Waals surface area contributed by atoms with E-state index >= 15 is 0 Å². The number of carboxylic acids is 2. The number of hydrogen-bond acceptors (Lipinski definition) is 5. The van der Waals surface area contributed by atoms with Crippen LogP contribution in [0.15, 0.2) is 0 Å². The number of aliphatic hydroxyl groups is 2. The maximum Gasteiger partial charge on any atom is 0.317 e. The van der Waals surface area contributed by atoms with E-state index in [0.29, 0.717) is 0 Å². The number of hydrogen-bond donors (Lipinski definition) is 4. The second kappa shape index (κ2) is 6.30. The lowest BCUT2D eigenvalue weighted by molar-refractivity contribution is -0.142. The minimum atomic E-state index is -1.56. The molecule has 7 nitrogen and oxygen atoms in total. The summed E-state index contributed by atoms with van der Waals surface area (Å²) in [5.41, 5.74) is 0. The van der Waals surface area contributed by atoms with E-state index in [2.05, 4.69) is 0 Å². The molecular weight excluding hydrogens is 194 g/mol. The van der Waals surface area contributed by atoms with E-state index in [-0.39, 0.29) is 13.0 Å². The molecular formula is C7H13NO6. The Morgan fingerprint density at radius 2 is 1.50 bits per heavy atom. The fourth-order valence-electron chi connectivity index (χ4n) is 0.895. The Hall–Kier alpha value is -1.18. The smallest absolute Gasteiger partial charge is 0.317 e. The molecule has 4 N–H and O–H groups in total. The molecule has 7 heteroatoms. The molecule has 0 aliphatic carbocycles. The molecule has 0 heterocycles. The fraction of sp³-hybridized carbons (Fsp3) is 0.714. The Labute approximate surface area is 80.2 Å². The highest BCUT2D eigenvalue weighted by atomic mass is 16.5. The van der Waals surface area contributed by atoms with Gasteiger partial charge in [-0.2, -0.15) is 0 Å². The van der Waals surface area contributed by atoms with E-state index in [4.69, 9.17) is 20.4 Å². The molecule has 82 valence electrons. The minimum absolute atomic E-state index is 0.0102. The van der Waals surface area contributed by atoms with Gasteiger partial charge in [-0.15, -0.1) is 0 Å². The normalized spacial score (nSPS) is 10.9. The Bertz CT molecular complexity index is 188. The van der Waals surface area contributed by atoms with Crippen LogP contribution in [0.5, 0.6) is 0 Å². The van der Waals surface area contributed by atoms with Gasteiger partial charge in [0.2, 0.25) is 0 Å². The average molecular weight is 207 g/mol. The van der Waals surface area contributed by atoms with Gasteiger partial charge in [0.25, 0.3) is 0 Å². The highest BCUT2D eigenvalue weighted by molar-refractivity contribution is 5.72. The van der Waals surface area contributed by atoms with Gasteiger partial charge in [-0.05, 0) is 0 Å². The van der Waals surface area contributed by atoms with Crippen LogP contribution in [-0.2, 0) is 9.59 Å². The quantitative estimate of drug-likeness (QED) is 0.362. The van der Waals surface area contributed by atoms with Gasteiger partial charge in [-0.3, -0.25) is 14.5 Å². The number of aliphatic hydroxyl groups excluding tert-OH is 1. The maximum absolute atomic E-state index is 10.3. The van der Waals surface area contributed by atoms with E-state index in [1.165, 1.54) is 0 Å². The van der Waals surface area contributed by atoms with Crippen LogP contribution < -0.4 is 0 Å². The molecule has 0 amide bonds. The van der Waals surface area contributed by atoms with Gasteiger partial charge >= 0.3 is 11.9 Å². The SMILES string of the molecule is O=C(O)CN(CCC(O)O)CC(=O)O. The summed E-state index contributed by atoms with van der Waals surface area (Å²) in [6.07, 6.45) is -1.64. The van der Waals surface area contributed by atoms with Crippen LogP contribution in [0.1, 0.15) is 6.42 Å². The van der Waals surface area contributed by atoms with Crippen molar-refractivity contribution in [3.8, 4) is 0 Å². The highest BCUT2D eigenvalue weighted by Gasteiger charge is 2.13. The first-order valence-electron chi connectivity index (χ1n) is 3.94. The molecule has 0 aromatic rings. The first kappa shape index (κ1) is 12.8. The molecule has 0 rings (SSSR count). The third kappa shape index (κ3) is 7.47. The van der Waals surface area contributed by atoms with E-state index in [1.807, 2.05) is 0 Å². The Morgan fingerprint density at radius 1 is 1.07 bits per heavy atom. The van der Waals surface area contributed by atoms with Crippen molar-refractivity contribution in [1.29, 1.82) is 0 Å². The zero-order valence-electron chi connectivity index (χ0n) is 7.46. The zero-order chi connectivity index (χ0) is 11.1. The molecule has 0 fully saturated rings. The molecule has 0 unspecified atom stereocenters. The van der Waals surface area contributed by atoms with Crippen molar-refractivity contribution in [2.45, 2.75) is 12.7 Å². The average Bonchev–Trinajstić information content (AvgIpc) is 1.97. The molecule has 0 radical (unpaired) electrons. The van der Waals surface area contributed by atoms with Crippen molar-refractivity contribution in [2.75, 3.05) is 19.6 Å². The zero-order valence-corrected chi connectivity index (χ0v) is 7.46. The van der Waals surface area contributed by atoms with Gasteiger partial charge in [0.1, 0.15) is 0 Å². The molecule has 0 saturated carbocycles. The number of carbonyl (C=O) groups is 2. The monoisotopic (exact) mass is 207 g/mol. The number of aliphatic carboxylic acids is 2. The third-order valence-electron chi connectivity index (χ3n) is 1.42. The van der Waals surface area contributed by atoms with E-state index in [1.54, 1.807) is 0 Å². The molecule has 0 aromatic heterocycles. The Balaban J connectivity index is 3.96. The number of carboxylic acid groups (broad SMARTS) is 2. The van der Waals surface area contributed by atoms with E-state index in [9.17, 15) is 9.59 Å². The second-order valence-electron chi connectivity index (χ2n) is 2.77. The van der Waals surface area contributed by atoms with Crippen LogP contribution >= 0.6 is 0 Å². The van der Waals surface area contributed by atoms with Crippen molar-refractivity contribution >= 4 is 11.9 Å². The van der Waals surface area contributed by atoms with Crippen molar-refractivity contribution in [3.05, 3.63) is 0 Å².